The first kappa shape index (κ1) is 5.61. The fourth-order valence-corrected chi connectivity index (χ4v) is 5.38. The van der Waals surface area contributed by atoms with Gasteiger partial charge in [0.25, 0.3) is 0 Å². The summed E-state index contributed by atoms with van der Waals surface area (Å²) >= 11 is 0. The van der Waals surface area contributed by atoms with Gasteiger partial charge in [-0.25, -0.2) is 0 Å². The molecule has 5 unspecified atom stereocenters. The summed E-state index contributed by atoms with van der Waals surface area (Å²) in [5.41, 5.74) is 0.976. The summed E-state index contributed by atoms with van der Waals surface area (Å²) in [6.07, 6.45) is 6.51. The summed E-state index contributed by atoms with van der Waals surface area (Å²) in [6, 6.07) is 0. The minimum absolute atomic E-state index is 0.976. The predicted octanol–water partition coefficient (Wildman–Crippen LogP) is 2.69. The van der Waals surface area contributed by atoms with Crippen molar-refractivity contribution < 1.29 is 0 Å². The molecule has 60 valence electrons. The van der Waals surface area contributed by atoms with Crippen molar-refractivity contribution in [2.75, 3.05) is 0 Å². The van der Waals surface area contributed by atoms with Gasteiger partial charge < -0.3 is 0 Å². The van der Waals surface area contributed by atoms with E-state index in [1.54, 1.807) is 25.7 Å². The molecule has 0 aromatic rings. The van der Waals surface area contributed by atoms with Crippen molar-refractivity contribution >= 4 is 0 Å². The van der Waals surface area contributed by atoms with Gasteiger partial charge in [0, 0.05) is 0 Å². The van der Waals surface area contributed by atoms with Crippen molar-refractivity contribution in [2.24, 2.45) is 35.0 Å². The van der Waals surface area contributed by atoms with E-state index < -0.39 is 0 Å². The molecule has 4 aliphatic carbocycles. The van der Waals surface area contributed by atoms with Crippen LogP contribution in [0.5, 0.6) is 0 Å². The number of hydrogen-bond acceptors (Lipinski definition) is 0. The highest BCUT2D eigenvalue weighted by Crippen LogP contribution is 2.82. The average Bonchev–Trinajstić information content (AvgIpc) is 2.42. The molecule has 6 atom stereocenters. The van der Waals surface area contributed by atoms with Crippen LogP contribution in [0.3, 0.4) is 0 Å². The zero-order valence-electron chi connectivity index (χ0n) is 7.22. The smallest absolute Gasteiger partial charge is 0.0207 e. The molecule has 0 N–H and O–H groups in total. The fraction of sp³-hybridized carbons (Fsp3) is 1.00. The Labute approximate surface area is 68.4 Å². The third-order valence-electron chi connectivity index (χ3n) is 5.90. The molecule has 0 radical (unpaired) electrons. The minimum atomic E-state index is 0.976. The topological polar surface area (TPSA) is 0 Å². The molecule has 11 heavy (non-hydrogen) atoms. The van der Waals surface area contributed by atoms with Crippen molar-refractivity contribution in [3.8, 4) is 0 Å². The number of fused-ring (bicyclic) bond motifs is 1. The number of rotatable bonds is 0. The van der Waals surface area contributed by atoms with Crippen LogP contribution in [0.4, 0.5) is 0 Å². The summed E-state index contributed by atoms with van der Waals surface area (Å²) in [7, 11) is 0. The van der Waals surface area contributed by atoms with E-state index in [9.17, 15) is 0 Å². The molecule has 0 heteroatoms. The first-order chi connectivity index (χ1) is 5.32. The zero-order valence-corrected chi connectivity index (χ0v) is 7.22. The highest BCUT2D eigenvalue weighted by Gasteiger charge is 2.75. The van der Waals surface area contributed by atoms with Crippen molar-refractivity contribution in [1.82, 2.24) is 0 Å². The van der Waals surface area contributed by atoms with Crippen molar-refractivity contribution in [3.05, 3.63) is 0 Å². The Bertz CT molecular complexity index is 232. The summed E-state index contributed by atoms with van der Waals surface area (Å²) in [5.74, 6) is 5.91. The molecule has 0 saturated heterocycles. The van der Waals surface area contributed by atoms with E-state index in [1.165, 1.54) is 17.8 Å². The lowest BCUT2D eigenvalue weighted by atomic mass is 9.37. The van der Waals surface area contributed by atoms with Gasteiger partial charge in [0.2, 0.25) is 0 Å². The van der Waals surface area contributed by atoms with Crippen LogP contribution in [0.15, 0.2) is 0 Å². The maximum atomic E-state index is 2.52. The van der Waals surface area contributed by atoms with Crippen LogP contribution in [0.25, 0.3) is 0 Å². The maximum absolute atomic E-state index is 2.52. The van der Waals surface area contributed by atoms with Gasteiger partial charge in [-0.1, -0.05) is 6.92 Å². The first-order valence-electron chi connectivity index (χ1n) is 5.32. The Morgan fingerprint density at radius 1 is 1.09 bits per heavy atom. The standard InChI is InChI=1S/C11H16/c1-6-7-2-8-3-9-4-10(6)11(8,9)5-7/h6-10H,2-5H2,1H3/t6?,7?,8-,9?,10?,11?/m1/s1. The molecule has 0 nitrogen and oxygen atoms in total. The molecule has 1 spiro atoms. The van der Waals surface area contributed by atoms with E-state index in [-0.39, 0.29) is 0 Å². The predicted molar refractivity (Wildman–Crippen MR) is 44.0 cm³/mol. The third-order valence-corrected chi connectivity index (χ3v) is 5.90. The fourth-order valence-electron chi connectivity index (χ4n) is 5.38. The van der Waals surface area contributed by atoms with E-state index in [1.807, 2.05) is 0 Å². The summed E-state index contributed by atoms with van der Waals surface area (Å²) in [4.78, 5) is 0. The Kier molecular flexibility index (Phi) is 0.661. The maximum Gasteiger partial charge on any atom is -0.0207 e. The highest BCUT2D eigenvalue weighted by molar-refractivity contribution is 5.23. The molecule has 0 aromatic carbocycles. The van der Waals surface area contributed by atoms with Gasteiger partial charge in [-0.2, -0.15) is 0 Å². The van der Waals surface area contributed by atoms with Crippen molar-refractivity contribution in [1.29, 1.82) is 0 Å². The zero-order chi connectivity index (χ0) is 7.22. The molecule has 0 aliphatic heterocycles. The van der Waals surface area contributed by atoms with Crippen LogP contribution >= 0.6 is 0 Å². The normalized spacial score (nSPS) is 75.5. The van der Waals surface area contributed by atoms with Crippen LogP contribution in [0.2, 0.25) is 0 Å². The van der Waals surface area contributed by atoms with Crippen LogP contribution in [0, 0.1) is 35.0 Å². The van der Waals surface area contributed by atoms with Gasteiger partial charge in [-0.3, -0.25) is 0 Å². The second-order valence-corrected chi connectivity index (χ2v) is 5.64. The van der Waals surface area contributed by atoms with E-state index in [0.717, 1.165) is 17.3 Å². The van der Waals surface area contributed by atoms with Crippen LogP contribution < -0.4 is 0 Å². The lowest BCUT2D eigenvalue weighted by molar-refractivity contribution is -0.190. The van der Waals surface area contributed by atoms with E-state index >= 15 is 0 Å². The Hall–Kier alpha value is 0. The second kappa shape index (κ2) is 1.30. The molecule has 0 heterocycles. The molecular weight excluding hydrogens is 132 g/mol. The summed E-state index contributed by atoms with van der Waals surface area (Å²) in [5, 5.41) is 0. The average molecular weight is 148 g/mol. The monoisotopic (exact) mass is 148 g/mol. The molecule has 0 amide bonds. The van der Waals surface area contributed by atoms with Gasteiger partial charge in [0.05, 0.1) is 0 Å². The van der Waals surface area contributed by atoms with Crippen molar-refractivity contribution in [3.63, 3.8) is 0 Å². The first-order valence-corrected chi connectivity index (χ1v) is 5.32. The molecule has 4 fully saturated rings. The van der Waals surface area contributed by atoms with Crippen molar-refractivity contribution in [2.45, 2.75) is 32.6 Å². The van der Waals surface area contributed by atoms with Crippen LogP contribution in [-0.4, -0.2) is 0 Å². The SMILES string of the molecule is CC1C2C[C@@H]3CC4CC1C43C2. The summed E-state index contributed by atoms with van der Waals surface area (Å²) in [6.45, 7) is 2.52. The summed E-state index contributed by atoms with van der Waals surface area (Å²) < 4.78 is 0. The largest absolute Gasteiger partial charge is 0.0620 e. The molecule has 4 rings (SSSR count). The van der Waals surface area contributed by atoms with E-state index in [2.05, 4.69) is 6.92 Å². The molecule has 2 bridgehead atoms. The van der Waals surface area contributed by atoms with Gasteiger partial charge in [-0.15, -0.1) is 0 Å². The molecule has 0 aromatic heterocycles. The Balaban J connectivity index is 1.87. The molecular formula is C11H16. The van der Waals surface area contributed by atoms with Gasteiger partial charge in [0.15, 0.2) is 0 Å². The molecule has 4 saturated carbocycles. The van der Waals surface area contributed by atoms with Gasteiger partial charge in [0.1, 0.15) is 0 Å². The van der Waals surface area contributed by atoms with E-state index in [4.69, 9.17) is 0 Å². The lowest BCUT2D eigenvalue weighted by Crippen LogP contribution is -2.61. The Morgan fingerprint density at radius 2 is 1.91 bits per heavy atom. The lowest BCUT2D eigenvalue weighted by Gasteiger charge is -2.67. The minimum Gasteiger partial charge on any atom is -0.0620 e. The van der Waals surface area contributed by atoms with Crippen LogP contribution in [0.1, 0.15) is 32.6 Å². The third kappa shape index (κ3) is 0.346. The van der Waals surface area contributed by atoms with Gasteiger partial charge >= 0.3 is 0 Å². The van der Waals surface area contributed by atoms with E-state index in [0.29, 0.717) is 0 Å². The van der Waals surface area contributed by atoms with Crippen LogP contribution in [-0.2, 0) is 0 Å². The molecule has 4 aliphatic rings. The number of hydrogen-bond donors (Lipinski definition) is 0. The highest BCUT2D eigenvalue weighted by atomic mass is 14.8. The second-order valence-electron chi connectivity index (χ2n) is 5.64. The quantitative estimate of drug-likeness (QED) is 0.495. The Morgan fingerprint density at radius 3 is 2.55 bits per heavy atom. The van der Waals surface area contributed by atoms with Gasteiger partial charge in [-0.05, 0) is 60.7 Å².